The molecule has 0 aliphatic rings. The Balaban J connectivity index is 3.13. The summed E-state index contributed by atoms with van der Waals surface area (Å²) < 4.78 is 1.34. The van der Waals surface area contributed by atoms with Gasteiger partial charge in [-0.25, -0.2) is 4.98 Å². The van der Waals surface area contributed by atoms with E-state index in [0.717, 1.165) is 5.57 Å². The van der Waals surface area contributed by atoms with Crippen molar-refractivity contribution in [3.05, 3.63) is 32.9 Å². The third-order valence-corrected chi connectivity index (χ3v) is 2.30. The van der Waals surface area contributed by atoms with Gasteiger partial charge in [-0.3, -0.25) is 9.36 Å². The number of allylic oxidation sites excluding steroid dienone is 1. The fourth-order valence-corrected chi connectivity index (χ4v) is 1.09. The van der Waals surface area contributed by atoms with Gasteiger partial charge in [-0.05, 0) is 12.5 Å². The van der Waals surface area contributed by atoms with Crippen LogP contribution in [0.4, 0.5) is 5.69 Å². The lowest BCUT2D eigenvalue weighted by Crippen LogP contribution is -2.24. The highest BCUT2D eigenvalue weighted by Crippen LogP contribution is 2.08. The first-order valence-electron chi connectivity index (χ1n) is 3.82. The van der Waals surface area contributed by atoms with Crippen molar-refractivity contribution in [2.24, 2.45) is 0 Å². The zero-order valence-corrected chi connectivity index (χ0v) is 9.01. The van der Waals surface area contributed by atoms with E-state index in [2.05, 4.69) is 4.98 Å². The van der Waals surface area contributed by atoms with Crippen molar-refractivity contribution in [3.63, 3.8) is 0 Å². The normalized spacial score (nSPS) is 11.8. The number of rotatable bonds is 2. The van der Waals surface area contributed by atoms with Gasteiger partial charge in [-0.15, -0.1) is 0 Å². The first-order chi connectivity index (χ1) is 6.56. The molecule has 1 rings (SSSR count). The molecule has 4 nitrogen and oxygen atoms in total. The van der Waals surface area contributed by atoms with Crippen LogP contribution in [0.1, 0.15) is 6.92 Å². The van der Waals surface area contributed by atoms with Gasteiger partial charge < -0.3 is 5.73 Å². The first-order valence-corrected chi connectivity index (χ1v) is 4.64. The minimum atomic E-state index is -0.358. The minimum absolute atomic E-state index is 0.0266. The summed E-state index contributed by atoms with van der Waals surface area (Å²) in [5.41, 5.74) is 7.25. The molecule has 0 unspecified atom stereocenters. The van der Waals surface area contributed by atoms with Crippen molar-refractivity contribution in [3.8, 4) is 0 Å². The molecule has 1 heterocycles. The molecule has 1 aromatic heterocycles. The van der Waals surface area contributed by atoms with Crippen molar-refractivity contribution in [1.82, 2.24) is 9.55 Å². The Bertz CT molecular complexity index is 425. The molecule has 0 atom stereocenters. The third-order valence-electron chi connectivity index (χ3n) is 1.63. The maximum absolute atomic E-state index is 11.5. The van der Waals surface area contributed by atoms with E-state index in [-0.39, 0.29) is 16.4 Å². The summed E-state index contributed by atoms with van der Waals surface area (Å²) in [6.45, 7) is 2.15. The van der Waals surface area contributed by atoms with Crippen LogP contribution in [0, 0.1) is 0 Å². The Morgan fingerprint density at radius 2 is 2.43 bits per heavy atom. The lowest BCUT2D eigenvalue weighted by Gasteiger charge is -2.05. The fraction of sp³-hybridized carbons (Fsp3) is 0.250. The van der Waals surface area contributed by atoms with Crippen LogP contribution in [0.3, 0.4) is 0 Å². The molecule has 2 N–H and O–H groups in total. The molecule has 0 saturated carbocycles. The average Bonchev–Trinajstić information content (AvgIpc) is 2.19. The highest BCUT2D eigenvalue weighted by Gasteiger charge is 2.05. The summed E-state index contributed by atoms with van der Waals surface area (Å²) in [5, 5.41) is 0.0266. The molecule has 0 aromatic carbocycles. The second-order valence-corrected chi connectivity index (χ2v) is 3.41. The number of nitrogens with two attached hydrogens (primary N) is 1. The molecule has 0 saturated heterocycles. The Morgan fingerprint density at radius 1 is 1.79 bits per heavy atom. The van der Waals surface area contributed by atoms with Crippen molar-refractivity contribution >= 4 is 28.9 Å². The standard InChI is InChI=1S/C8H9Cl2N3O/c1-5(2-9)3-13-4-12-7(10)6(11)8(13)14/h2,4H,3,11H2,1H3. The topological polar surface area (TPSA) is 60.9 Å². The van der Waals surface area contributed by atoms with Crippen LogP contribution >= 0.6 is 23.2 Å². The molecule has 0 amide bonds. The minimum Gasteiger partial charge on any atom is -0.392 e. The molecule has 0 bridgehead atoms. The smallest absolute Gasteiger partial charge is 0.278 e. The molecule has 76 valence electrons. The Kier molecular flexibility index (Phi) is 3.55. The molecule has 6 heteroatoms. The molecule has 0 spiro atoms. The van der Waals surface area contributed by atoms with E-state index in [0.29, 0.717) is 6.54 Å². The van der Waals surface area contributed by atoms with Gasteiger partial charge in [-0.2, -0.15) is 0 Å². The maximum Gasteiger partial charge on any atom is 0.278 e. The molecule has 0 aliphatic heterocycles. The summed E-state index contributed by atoms with van der Waals surface area (Å²) in [7, 11) is 0. The summed E-state index contributed by atoms with van der Waals surface area (Å²) in [4.78, 5) is 15.2. The largest absolute Gasteiger partial charge is 0.392 e. The molecule has 0 aliphatic carbocycles. The summed E-state index contributed by atoms with van der Waals surface area (Å²) >= 11 is 11.0. The van der Waals surface area contributed by atoms with Gasteiger partial charge >= 0.3 is 0 Å². The average molecular weight is 234 g/mol. The van der Waals surface area contributed by atoms with Crippen LogP contribution in [0.2, 0.25) is 5.15 Å². The molecule has 14 heavy (non-hydrogen) atoms. The monoisotopic (exact) mass is 233 g/mol. The van der Waals surface area contributed by atoms with E-state index in [1.807, 2.05) is 0 Å². The summed E-state index contributed by atoms with van der Waals surface area (Å²) in [6, 6.07) is 0. The van der Waals surface area contributed by atoms with Crippen LogP contribution in [0.15, 0.2) is 22.2 Å². The van der Waals surface area contributed by atoms with Crippen LogP contribution in [0.25, 0.3) is 0 Å². The molecule has 0 radical (unpaired) electrons. The summed E-state index contributed by atoms with van der Waals surface area (Å²) in [5.74, 6) is 0. The fourth-order valence-electron chi connectivity index (χ4n) is 0.901. The van der Waals surface area contributed by atoms with E-state index < -0.39 is 0 Å². The highest BCUT2D eigenvalue weighted by atomic mass is 35.5. The zero-order valence-electron chi connectivity index (χ0n) is 7.50. The Labute approximate surface area is 91.0 Å². The number of nitrogen functional groups attached to an aromatic ring is 1. The van der Waals surface area contributed by atoms with Gasteiger partial charge in [0.15, 0.2) is 5.15 Å². The number of hydrogen-bond acceptors (Lipinski definition) is 3. The summed E-state index contributed by atoms with van der Waals surface area (Å²) in [6.07, 6.45) is 1.34. The van der Waals surface area contributed by atoms with E-state index in [1.165, 1.54) is 16.4 Å². The van der Waals surface area contributed by atoms with Gasteiger partial charge in [0.25, 0.3) is 5.56 Å². The van der Waals surface area contributed by atoms with Gasteiger partial charge in [0, 0.05) is 12.1 Å². The predicted octanol–water partition coefficient (Wildman–Crippen LogP) is 1.62. The molecule has 0 fully saturated rings. The van der Waals surface area contributed by atoms with Crippen LogP contribution in [-0.2, 0) is 6.54 Å². The lowest BCUT2D eigenvalue weighted by molar-refractivity contribution is 0.729. The Hall–Kier alpha value is -1.00. The lowest BCUT2D eigenvalue weighted by atomic mass is 10.3. The second-order valence-electron chi connectivity index (χ2n) is 2.84. The first kappa shape index (κ1) is 11.1. The maximum atomic E-state index is 11.5. The van der Waals surface area contributed by atoms with E-state index in [4.69, 9.17) is 28.9 Å². The molecule has 1 aromatic rings. The molecular formula is C8H9Cl2N3O. The van der Waals surface area contributed by atoms with E-state index in [1.54, 1.807) is 6.92 Å². The van der Waals surface area contributed by atoms with E-state index >= 15 is 0 Å². The third kappa shape index (κ3) is 2.27. The van der Waals surface area contributed by atoms with Crippen LogP contribution < -0.4 is 11.3 Å². The van der Waals surface area contributed by atoms with Gasteiger partial charge in [0.1, 0.15) is 5.69 Å². The number of aromatic nitrogens is 2. The number of anilines is 1. The van der Waals surface area contributed by atoms with Crippen molar-refractivity contribution in [1.29, 1.82) is 0 Å². The SMILES string of the molecule is CC(=CCl)Cn1cnc(Cl)c(N)c1=O. The second kappa shape index (κ2) is 4.48. The van der Waals surface area contributed by atoms with Gasteiger partial charge in [0.2, 0.25) is 0 Å². The van der Waals surface area contributed by atoms with Crippen molar-refractivity contribution in [2.45, 2.75) is 13.5 Å². The van der Waals surface area contributed by atoms with Crippen molar-refractivity contribution in [2.75, 3.05) is 5.73 Å². The zero-order chi connectivity index (χ0) is 10.7. The highest BCUT2D eigenvalue weighted by molar-refractivity contribution is 6.31. The number of hydrogen-bond donors (Lipinski definition) is 1. The van der Waals surface area contributed by atoms with Crippen LogP contribution in [0.5, 0.6) is 0 Å². The van der Waals surface area contributed by atoms with Gasteiger partial charge in [-0.1, -0.05) is 23.2 Å². The number of nitrogens with zero attached hydrogens (tertiary/aromatic N) is 2. The van der Waals surface area contributed by atoms with E-state index in [9.17, 15) is 4.79 Å². The quantitative estimate of drug-likeness (QED) is 0.791. The molecular weight excluding hydrogens is 225 g/mol. The van der Waals surface area contributed by atoms with Crippen LogP contribution in [-0.4, -0.2) is 9.55 Å². The number of halogens is 2. The Morgan fingerprint density at radius 3 is 3.00 bits per heavy atom. The predicted molar refractivity (Wildman–Crippen MR) is 57.5 cm³/mol. The van der Waals surface area contributed by atoms with Gasteiger partial charge in [0.05, 0.1) is 6.33 Å². The van der Waals surface area contributed by atoms with Crippen molar-refractivity contribution < 1.29 is 0 Å².